The quantitative estimate of drug-likeness (QED) is 0.702. The molecule has 0 saturated heterocycles. The number of fused-ring (bicyclic) bond motifs is 2. The molecule has 0 fully saturated rings. The number of hydrogen-bond donors (Lipinski definition) is 1. The van der Waals surface area contributed by atoms with Gasteiger partial charge in [-0.25, -0.2) is 4.98 Å². The van der Waals surface area contributed by atoms with Crippen molar-refractivity contribution in [2.75, 3.05) is 0 Å². The van der Waals surface area contributed by atoms with Gasteiger partial charge in [-0.1, -0.05) is 29.8 Å². The predicted molar refractivity (Wildman–Crippen MR) is 87.2 cm³/mol. The number of aryl methyl sites for hydroxylation is 1. The fourth-order valence-electron chi connectivity index (χ4n) is 2.72. The van der Waals surface area contributed by atoms with Crippen LogP contribution in [-0.2, 0) is 11.3 Å². The highest BCUT2D eigenvalue weighted by molar-refractivity contribution is 7.19. The molecule has 4 rings (SSSR count). The van der Waals surface area contributed by atoms with Gasteiger partial charge in [-0.15, -0.1) is 11.3 Å². The third-order valence-electron chi connectivity index (χ3n) is 3.70. The smallest absolute Gasteiger partial charge is 0.423 e. The number of hydrogen-bond acceptors (Lipinski definition) is 4. The lowest BCUT2D eigenvalue weighted by Crippen LogP contribution is -2.28. The van der Waals surface area contributed by atoms with Crippen molar-refractivity contribution in [2.45, 2.75) is 13.5 Å². The van der Waals surface area contributed by atoms with Gasteiger partial charge in [-0.2, -0.15) is 0 Å². The van der Waals surface area contributed by atoms with E-state index in [4.69, 9.17) is 16.3 Å². The van der Waals surface area contributed by atoms with E-state index in [-0.39, 0.29) is 0 Å². The van der Waals surface area contributed by atoms with E-state index in [0.717, 1.165) is 37.4 Å². The molecule has 0 spiro atoms. The Labute approximate surface area is 131 Å². The molecule has 1 aliphatic rings. The molecule has 3 aromatic rings. The van der Waals surface area contributed by atoms with Crippen molar-refractivity contribution < 1.29 is 9.68 Å². The summed E-state index contributed by atoms with van der Waals surface area (Å²) in [6, 6.07) is 9.83. The first kappa shape index (κ1) is 13.3. The fourth-order valence-corrected chi connectivity index (χ4v) is 3.96. The number of halogens is 1. The molecule has 1 aromatic heterocycles. The molecule has 0 amide bonds. The first-order chi connectivity index (χ1) is 10.1. The fraction of sp³-hybridized carbons (Fsp3) is 0.133. The van der Waals surface area contributed by atoms with Gasteiger partial charge in [-0.3, -0.25) is 0 Å². The first-order valence-corrected chi connectivity index (χ1v) is 7.81. The summed E-state index contributed by atoms with van der Waals surface area (Å²) in [7, 11) is -0.863. The van der Waals surface area contributed by atoms with Crippen LogP contribution in [0.15, 0.2) is 30.3 Å². The minimum atomic E-state index is -0.863. The molecule has 1 aliphatic heterocycles. The summed E-state index contributed by atoms with van der Waals surface area (Å²) in [5.41, 5.74) is 4.68. The summed E-state index contributed by atoms with van der Waals surface area (Å²) in [5.74, 6) is 0. The number of rotatable bonds is 1. The Kier molecular flexibility index (Phi) is 3.05. The van der Waals surface area contributed by atoms with E-state index in [0.29, 0.717) is 11.6 Å². The lowest BCUT2D eigenvalue weighted by molar-refractivity contribution is 0.275. The summed E-state index contributed by atoms with van der Waals surface area (Å²) in [5, 5.41) is 11.6. The van der Waals surface area contributed by atoms with Crippen LogP contribution >= 0.6 is 22.9 Å². The van der Waals surface area contributed by atoms with Crippen LogP contribution in [0.2, 0.25) is 5.02 Å². The summed E-state index contributed by atoms with van der Waals surface area (Å²) < 4.78 is 6.36. The van der Waals surface area contributed by atoms with Gasteiger partial charge in [0.25, 0.3) is 0 Å². The first-order valence-electron chi connectivity index (χ1n) is 6.62. The van der Waals surface area contributed by atoms with Crippen molar-refractivity contribution in [3.63, 3.8) is 0 Å². The Morgan fingerprint density at radius 3 is 3.05 bits per heavy atom. The molecule has 0 bridgehead atoms. The highest BCUT2D eigenvalue weighted by Crippen LogP contribution is 2.37. The molecule has 1 N–H and O–H groups in total. The van der Waals surface area contributed by atoms with Crippen LogP contribution in [0, 0.1) is 6.92 Å². The molecule has 2 aromatic carbocycles. The second-order valence-corrected chi connectivity index (χ2v) is 6.69. The molecule has 3 nitrogen and oxygen atoms in total. The Bertz CT molecular complexity index is 864. The van der Waals surface area contributed by atoms with Gasteiger partial charge in [0.1, 0.15) is 0 Å². The molecule has 104 valence electrons. The molecule has 0 atom stereocenters. The van der Waals surface area contributed by atoms with Crippen LogP contribution < -0.4 is 5.46 Å². The maximum Gasteiger partial charge on any atom is 0.491 e. The van der Waals surface area contributed by atoms with Crippen molar-refractivity contribution in [3.05, 3.63) is 45.9 Å². The van der Waals surface area contributed by atoms with E-state index in [2.05, 4.69) is 4.98 Å². The van der Waals surface area contributed by atoms with Gasteiger partial charge >= 0.3 is 7.12 Å². The summed E-state index contributed by atoms with van der Waals surface area (Å²) in [4.78, 5) is 4.52. The molecule has 0 radical (unpaired) electrons. The molecular weight excluding hydrogens is 305 g/mol. The minimum Gasteiger partial charge on any atom is -0.423 e. The van der Waals surface area contributed by atoms with E-state index < -0.39 is 7.12 Å². The van der Waals surface area contributed by atoms with Gasteiger partial charge in [-0.05, 0) is 30.1 Å². The van der Waals surface area contributed by atoms with Gasteiger partial charge in [0, 0.05) is 16.1 Å². The zero-order chi connectivity index (χ0) is 14.6. The standard InChI is InChI=1S/C15H11BClNO2S/c1-8-18-14-4-2-3-10(15(14)21-8)11-6-12-9(5-13(11)17)7-20-16(12)19/h2-6,19H,7H2,1H3. The van der Waals surface area contributed by atoms with Crippen molar-refractivity contribution in [2.24, 2.45) is 0 Å². The van der Waals surface area contributed by atoms with Gasteiger partial charge in [0.05, 0.1) is 21.8 Å². The second-order valence-electron chi connectivity index (χ2n) is 5.08. The maximum absolute atomic E-state index is 9.89. The van der Waals surface area contributed by atoms with Crippen molar-refractivity contribution >= 4 is 45.7 Å². The van der Waals surface area contributed by atoms with E-state index in [9.17, 15) is 5.02 Å². The highest BCUT2D eigenvalue weighted by atomic mass is 35.5. The third kappa shape index (κ3) is 2.08. The van der Waals surface area contributed by atoms with Crippen LogP contribution in [0.4, 0.5) is 0 Å². The normalized spacial score (nSPS) is 14.0. The molecule has 0 aliphatic carbocycles. The van der Waals surface area contributed by atoms with Gasteiger partial charge in [0.15, 0.2) is 0 Å². The maximum atomic E-state index is 9.89. The van der Waals surface area contributed by atoms with Crippen molar-refractivity contribution in [1.82, 2.24) is 4.98 Å². The average molecular weight is 316 g/mol. The predicted octanol–water partition coefficient (Wildman–Crippen LogP) is 3.14. The van der Waals surface area contributed by atoms with E-state index in [1.165, 1.54) is 0 Å². The molecule has 21 heavy (non-hydrogen) atoms. The number of thiazole rings is 1. The van der Waals surface area contributed by atoms with Crippen molar-refractivity contribution in [3.8, 4) is 11.1 Å². The zero-order valence-electron chi connectivity index (χ0n) is 11.3. The molecule has 6 heteroatoms. The Hall–Kier alpha value is -1.40. The molecule has 2 heterocycles. The summed E-state index contributed by atoms with van der Waals surface area (Å²) in [6.45, 7) is 2.40. The Morgan fingerprint density at radius 1 is 1.33 bits per heavy atom. The molecular formula is C15H11BClNO2S. The number of benzene rings is 2. The summed E-state index contributed by atoms with van der Waals surface area (Å²) >= 11 is 8.10. The van der Waals surface area contributed by atoms with Crippen LogP contribution in [0.5, 0.6) is 0 Å². The Morgan fingerprint density at radius 2 is 2.19 bits per heavy atom. The zero-order valence-corrected chi connectivity index (χ0v) is 12.8. The molecule has 0 saturated carbocycles. The lowest BCUT2D eigenvalue weighted by Gasteiger charge is -2.09. The summed E-state index contributed by atoms with van der Waals surface area (Å²) in [6.07, 6.45) is 0. The number of aromatic nitrogens is 1. The Balaban J connectivity index is 1.99. The number of nitrogens with zero attached hydrogens (tertiary/aromatic N) is 1. The van der Waals surface area contributed by atoms with E-state index >= 15 is 0 Å². The van der Waals surface area contributed by atoms with Crippen LogP contribution in [-0.4, -0.2) is 17.1 Å². The van der Waals surface area contributed by atoms with Crippen LogP contribution in [0.1, 0.15) is 10.6 Å². The molecule has 0 unspecified atom stereocenters. The van der Waals surface area contributed by atoms with E-state index in [1.54, 1.807) is 11.3 Å². The van der Waals surface area contributed by atoms with Gasteiger partial charge in [0.2, 0.25) is 0 Å². The highest BCUT2D eigenvalue weighted by Gasteiger charge is 2.28. The second kappa shape index (κ2) is 4.82. The average Bonchev–Trinajstić information content (AvgIpc) is 3.00. The van der Waals surface area contributed by atoms with Crippen LogP contribution in [0.3, 0.4) is 0 Å². The largest absolute Gasteiger partial charge is 0.491 e. The van der Waals surface area contributed by atoms with E-state index in [1.807, 2.05) is 37.3 Å². The topological polar surface area (TPSA) is 42.4 Å². The SMILES string of the molecule is Cc1nc2cccc(-c3cc4c(cc3Cl)COB4O)c2s1. The van der Waals surface area contributed by atoms with Crippen molar-refractivity contribution in [1.29, 1.82) is 0 Å². The monoisotopic (exact) mass is 315 g/mol. The van der Waals surface area contributed by atoms with Crippen LogP contribution in [0.25, 0.3) is 21.3 Å². The third-order valence-corrected chi connectivity index (χ3v) is 5.04. The van der Waals surface area contributed by atoms with Gasteiger partial charge < -0.3 is 9.68 Å². The lowest BCUT2D eigenvalue weighted by atomic mass is 9.78. The minimum absolute atomic E-state index is 0.403.